The number of ether oxygens (including phenoxy) is 1. The van der Waals surface area contributed by atoms with Crippen molar-refractivity contribution >= 4 is 51.7 Å². The molecule has 10 heteroatoms. The number of thiocarbonyl (C=S) groups is 1. The third-order valence-electron chi connectivity index (χ3n) is 5.51. The van der Waals surface area contributed by atoms with Gasteiger partial charge in [0, 0.05) is 19.3 Å². The van der Waals surface area contributed by atoms with Gasteiger partial charge in [-0.25, -0.2) is 4.98 Å². The van der Waals surface area contributed by atoms with Crippen LogP contribution in [0.15, 0.2) is 56.9 Å². The second kappa shape index (κ2) is 8.77. The fraction of sp³-hybridized carbons (Fsp3) is 0.304. The van der Waals surface area contributed by atoms with Crippen molar-refractivity contribution in [2.24, 2.45) is 0 Å². The molecule has 1 amide bonds. The maximum atomic E-state index is 13.5. The Morgan fingerprint density at radius 1 is 1.18 bits per heavy atom. The Hall–Kier alpha value is -2.95. The molecule has 3 aromatic rings. The van der Waals surface area contributed by atoms with Crippen LogP contribution in [0.4, 0.5) is 5.82 Å². The topological polar surface area (TPSA) is 80.3 Å². The van der Waals surface area contributed by atoms with E-state index < -0.39 is 0 Å². The summed E-state index contributed by atoms with van der Waals surface area (Å²) in [4.78, 5) is 35.4. The Balaban J connectivity index is 1.59. The zero-order valence-electron chi connectivity index (χ0n) is 18.1. The van der Waals surface area contributed by atoms with E-state index in [0.717, 1.165) is 0 Å². The van der Waals surface area contributed by atoms with Gasteiger partial charge in [-0.1, -0.05) is 30.0 Å². The standard InChI is InChI=1S/C23H22N4O4S2/c1-14-11-25(12-15(2)31-14)20-17(21(28)26-8-4-3-7-19(26)24-20)10-18-22(29)27(23(32)33-18)13-16-6-5-9-30-16/h3-10,14-15H,11-13H2,1-2H3/b18-10-/t14-,15+. The summed E-state index contributed by atoms with van der Waals surface area (Å²) in [5.74, 6) is 0.926. The molecule has 5 heterocycles. The molecule has 2 atom stereocenters. The van der Waals surface area contributed by atoms with Crippen molar-refractivity contribution < 1.29 is 13.9 Å². The Bertz CT molecular complexity index is 1310. The summed E-state index contributed by atoms with van der Waals surface area (Å²) in [6.07, 6.45) is 4.84. The van der Waals surface area contributed by atoms with Gasteiger partial charge in [0.25, 0.3) is 11.5 Å². The van der Waals surface area contributed by atoms with Crippen LogP contribution in [-0.4, -0.2) is 49.8 Å². The van der Waals surface area contributed by atoms with E-state index in [2.05, 4.69) is 4.90 Å². The summed E-state index contributed by atoms with van der Waals surface area (Å²) in [5, 5.41) is 0. The lowest BCUT2D eigenvalue weighted by Crippen LogP contribution is -2.46. The number of hydrogen-bond acceptors (Lipinski definition) is 8. The summed E-state index contributed by atoms with van der Waals surface area (Å²) in [5.41, 5.74) is 0.670. The molecular weight excluding hydrogens is 460 g/mol. The van der Waals surface area contributed by atoms with E-state index in [1.54, 1.807) is 42.8 Å². The Labute approximate surface area is 199 Å². The van der Waals surface area contributed by atoms with E-state index in [-0.39, 0.29) is 30.2 Å². The van der Waals surface area contributed by atoms with Crippen molar-refractivity contribution in [3.63, 3.8) is 0 Å². The molecule has 5 rings (SSSR count). The minimum absolute atomic E-state index is 0.0101. The molecule has 2 saturated heterocycles. The van der Waals surface area contributed by atoms with Crippen molar-refractivity contribution in [1.29, 1.82) is 0 Å². The molecule has 0 N–H and O–H groups in total. The molecule has 0 unspecified atom stereocenters. The molecule has 0 aromatic carbocycles. The number of morpholine rings is 1. The number of hydrogen-bond donors (Lipinski definition) is 0. The predicted octanol–water partition coefficient (Wildman–Crippen LogP) is 3.30. The molecule has 2 aliphatic heterocycles. The molecule has 0 aliphatic carbocycles. The highest BCUT2D eigenvalue weighted by atomic mass is 32.2. The molecule has 2 aliphatic rings. The molecule has 170 valence electrons. The smallest absolute Gasteiger partial charge is 0.267 e. The van der Waals surface area contributed by atoms with Gasteiger partial charge < -0.3 is 14.1 Å². The first-order chi connectivity index (χ1) is 15.9. The number of furan rings is 1. The van der Waals surface area contributed by atoms with Crippen LogP contribution >= 0.6 is 24.0 Å². The van der Waals surface area contributed by atoms with Gasteiger partial charge in [0.2, 0.25) is 0 Å². The minimum Gasteiger partial charge on any atom is -0.467 e. The third kappa shape index (κ3) is 4.21. The highest BCUT2D eigenvalue weighted by Gasteiger charge is 2.34. The van der Waals surface area contributed by atoms with Crippen molar-refractivity contribution in [2.45, 2.75) is 32.6 Å². The Kier molecular flexibility index (Phi) is 5.81. The molecular formula is C23H22N4O4S2. The summed E-state index contributed by atoms with van der Waals surface area (Å²) in [7, 11) is 0. The average molecular weight is 483 g/mol. The van der Waals surface area contributed by atoms with Crippen LogP contribution in [0.2, 0.25) is 0 Å². The van der Waals surface area contributed by atoms with E-state index in [0.29, 0.717) is 45.1 Å². The lowest BCUT2D eigenvalue weighted by molar-refractivity contribution is -0.122. The van der Waals surface area contributed by atoms with E-state index in [4.69, 9.17) is 26.4 Å². The van der Waals surface area contributed by atoms with Crippen molar-refractivity contribution in [3.05, 3.63) is 69.4 Å². The summed E-state index contributed by atoms with van der Waals surface area (Å²) in [6, 6.07) is 8.98. The van der Waals surface area contributed by atoms with Gasteiger partial charge >= 0.3 is 0 Å². The van der Waals surface area contributed by atoms with Crippen LogP contribution in [0.3, 0.4) is 0 Å². The SMILES string of the molecule is C[C@@H]1CN(c2nc3ccccn3c(=O)c2/C=C2\SC(=S)N(Cc3ccco3)C2=O)C[C@H](C)O1. The zero-order valence-corrected chi connectivity index (χ0v) is 19.8. The van der Waals surface area contributed by atoms with Crippen LogP contribution in [0.5, 0.6) is 0 Å². The zero-order chi connectivity index (χ0) is 23.1. The van der Waals surface area contributed by atoms with Crippen LogP contribution < -0.4 is 10.5 Å². The molecule has 2 fully saturated rings. The van der Waals surface area contributed by atoms with Crippen molar-refractivity contribution in [1.82, 2.24) is 14.3 Å². The van der Waals surface area contributed by atoms with Crippen LogP contribution in [0.1, 0.15) is 25.2 Å². The predicted molar refractivity (Wildman–Crippen MR) is 131 cm³/mol. The Morgan fingerprint density at radius 3 is 2.70 bits per heavy atom. The monoisotopic (exact) mass is 482 g/mol. The first-order valence-electron chi connectivity index (χ1n) is 10.6. The number of aromatic nitrogens is 2. The van der Waals surface area contributed by atoms with Gasteiger partial charge in [-0.05, 0) is 44.2 Å². The molecule has 33 heavy (non-hydrogen) atoms. The molecule has 0 radical (unpaired) electrons. The first-order valence-corrected chi connectivity index (χ1v) is 11.8. The van der Waals surface area contributed by atoms with E-state index in [1.807, 2.05) is 19.9 Å². The van der Waals surface area contributed by atoms with E-state index >= 15 is 0 Å². The number of thioether (sulfide) groups is 1. The summed E-state index contributed by atoms with van der Waals surface area (Å²) in [6.45, 7) is 5.43. The molecule has 0 spiro atoms. The van der Waals surface area contributed by atoms with E-state index in [9.17, 15) is 9.59 Å². The number of fused-ring (bicyclic) bond motifs is 1. The Morgan fingerprint density at radius 2 is 1.97 bits per heavy atom. The van der Waals surface area contributed by atoms with Gasteiger partial charge in [-0.3, -0.25) is 18.9 Å². The minimum atomic E-state index is -0.256. The lowest BCUT2D eigenvalue weighted by atomic mass is 10.2. The molecule has 0 bridgehead atoms. The van der Waals surface area contributed by atoms with Gasteiger partial charge in [0.15, 0.2) is 0 Å². The molecule has 0 saturated carbocycles. The van der Waals surface area contributed by atoms with Crippen LogP contribution in [-0.2, 0) is 16.1 Å². The first kappa shape index (κ1) is 21.9. The molecule has 8 nitrogen and oxygen atoms in total. The quantitative estimate of drug-likeness (QED) is 0.414. The largest absolute Gasteiger partial charge is 0.467 e. The summed E-state index contributed by atoms with van der Waals surface area (Å²) >= 11 is 6.62. The normalized spacial score (nSPS) is 22.7. The highest BCUT2D eigenvalue weighted by Crippen LogP contribution is 2.34. The number of pyridine rings is 1. The second-order valence-electron chi connectivity index (χ2n) is 8.09. The number of carbonyl (C=O) groups is 1. The van der Waals surface area contributed by atoms with Gasteiger partial charge in [-0.2, -0.15) is 0 Å². The fourth-order valence-corrected chi connectivity index (χ4v) is 5.37. The number of nitrogens with zero attached hydrogens (tertiary/aromatic N) is 4. The maximum absolute atomic E-state index is 13.5. The number of anilines is 1. The second-order valence-corrected chi connectivity index (χ2v) is 9.77. The molecule has 3 aromatic heterocycles. The number of amides is 1. The average Bonchev–Trinajstić information content (AvgIpc) is 3.39. The number of rotatable bonds is 4. The third-order valence-corrected chi connectivity index (χ3v) is 6.89. The van der Waals surface area contributed by atoms with E-state index in [1.165, 1.54) is 21.1 Å². The van der Waals surface area contributed by atoms with Crippen LogP contribution in [0.25, 0.3) is 11.7 Å². The fourth-order valence-electron chi connectivity index (χ4n) is 4.14. The van der Waals surface area contributed by atoms with Gasteiger partial charge in [0.1, 0.15) is 21.5 Å². The van der Waals surface area contributed by atoms with Gasteiger partial charge in [-0.15, -0.1) is 0 Å². The van der Waals surface area contributed by atoms with Gasteiger partial charge in [0.05, 0.1) is 35.5 Å². The van der Waals surface area contributed by atoms with Crippen LogP contribution in [0, 0.1) is 0 Å². The summed E-state index contributed by atoms with van der Waals surface area (Å²) < 4.78 is 13.1. The van der Waals surface area contributed by atoms with Crippen molar-refractivity contribution in [3.8, 4) is 0 Å². The van der Waals surface area contributed by atoms with Crippen molar-refractivity contribution in [2.75, 3.05) is 18.0 Å². The maximum Gasteiger partial charge on any atom is 0.267 e. The number of carbonyl (C=O) groups excluding carboxylic acids is 1. The lowest BCUT2D eigenvalue weighted by Gasteiger charge is -2.36. The highest BCUT2D eigenvalue weighted by molar-refractivity contribution is 8.26.